The number of rotatable bonds is 5. The molecular formula is C11H18S. The standard InChI is InChI=1S/C11H18S/c1-4-5-6-7-8-11(12)9-10(2)3/h7-9,12H,2,4-6H2,1,3H3/b8-7-,11-9+. The molecule has 1 heteroatoms. The van der Waals surface area contributed by atoms with Crippen molar-refractivity contribution in [3.05, 3.63) is 35.3 Å². The van der Waals surface area contributed by atoms with E-state index < -0.39 is 0 Å². The molecule has 0 saturated carbocycles. The van der Waals surface area contributed by atoms with Gasteiger partial charge in [0.25, 0.3) is 0 Å². The highest BCUT2D eigenvalue weighted by Gasteiger charge is 1.83. The summed E-state index contributed by atoms with van der Waals surface area (Å²) >= 11 is 4.29. The Kier molecular flexibility index (Phi) is 6.97. The fraction of sp³-hybridized carbons (Fsp3) is 0.455. The van der Waals surface area contributed by atoms with Crippen molar-refractivity contribution in [3.63, 3.8) is 0 Å². The molecule has 0 atom stereocenters. The molecule has 0 aromatic carbocycles. The van der Waals surface area contributed by atoms with Gasteiger partial charge in [-0.2, -0.15) is 0 Å². The topological polar surface area (TPSA) is 0 Å². The molecule has 0 aliphatic heterocycles. The number of hydrogen-bond acceptors (Lipinski definition) is 1. The van der Waals surface area contributed by atoms with Gasteiger partial charge < -0.3 is 0 Å². The molecule has 0 radical (unpaired) electrons. The fourth-order valence-electron chi connectivity index (χ4n) is 0.827. The van der Waals surface area contributed by atoms with E-state index >= 15 is 0 Å². The monoisotopic (exact) mass is 182 g/mol. The highest BCUT2D eigenvalue weighted by molar-refractivity contribution is 7.84. The Labute approximate surface area is 81.5 Å². The van der Waals surface area contributed by atoms with E-state index in [1.54, 1.807) is 0 Å². The first-order valence-electron chi connectivity index (χ1n) is 4.39. The van der Waals surface area contributed by atoms with Crippen molar-refractivity contribution >= 4 is 12.6 Å². The molecule has 0 nitrogen and oxygen atoms in total. The lowest BCUT2D eigenvalue weighted by atomic mass is 10.2. The van der Waals surface area contributed by atoms with Crippen molar-refractivity contribution in [1.29, 1.82) is 0 Å². The minimum Gasteiger partial charge on any atom is -0.143 e. The van der Waals surface area contributed by atoms with Gasteiger partial charge in [0.05, 0.1) is 0 Å². The maximum absolute atomic E-state index is 4.29. The summed E-state index contributed by atoms with van der Waals surface area (Å²) in [5, 5.41) is 0. The first-order chi connectivity index (χ1) is 5.66. The van der Waals surface area contributed by atoms with Crippen molar-refractivity contribution in [3.8, 4) is 0 Å². The van der Waals surface area contributed by atoms with Gasteiger partial charge in [-0.05, 0) is 19.4 Å². The van der Waals surface area contributed by atoms with Crippen molar-refractivity contribution in [1.82, 2.24) is 0 Å². The minimum absolute atomic E-state index is 0.985. The lowest BCUT2D eigenvalue weighted by molar-refractivity contribution is 0.815. The van der Waals surface area contributed by atoms with E-state index in [1.165, 1.54) is 12.8 Å². The van der Waals surface area contributed by atoms with E-state index in [-0.39, 0.29) is 0 Å². The summed E-state index contributed by atoms with van der Waals surface area (Å²) in [7, 11) is 0. The van der Waals surface area contributed by atoms with Crippen LogP contribution in [0.1, 0.15) is 33.1 Å². The molecule has 0 aliphatic carbocycles. The van der Waals surface area contributed by atoms with E-state index in [4.69, 9.17) is 0 Å². The maximum Gasteiger partial charge on any atom is 0.00392 e. The minimum atomic E-state index is 0.985. The fourth-order valence-corrected chi connectivity index (χ4v) is 1.15. The van der Waals surface area contributed by atoms with Crippen LogP contribution in [0, 0.1) is 0 Å². The molecular weight excluding hydrogens is 164 g/mol. The van der Waals surface area contributed by atoms with Crippen LogP contribution in [-0.4, -0.2) is 0 Å². The lowest BCUT2D eigenvalue weighted by Gasteiger charge is -1.91. The molecule has 0 saturated heterocycles. The smallest absolute Gasteiger partial charge is 0.00392 e. The van der Waals surface area contributed by atoms with Crippen molar-refractivity contribution in [2.45, 2.75) is 33.1 Å². The van der Waals surface area contributed by atoms with Crippen LogP contribution in [0.25, 0.3) is 0 Å². The molecule has 68 valence electrons. The Morgan fingerprint density at radius 3 is 2.67 bits per heavy atom. The Hall–Kier alpha value is -0.430. The Morgan fingerprint density at radius 1 is 1.50 bits per heavy atom. The van der Waals surface area contributed by atoms with Gasteiger partial charge >= 0.3 is 0 Å². The second-order valence-electron chi connectivity index (χ2n) is 2.96. The quantitative estimate of drug-likeness (QED) is 0.369. The number of allylic oxidation sites excluding steroid dienone is 4. The van der Waals surface area contributed by atoms with Gasteiger partial charge in [-0.25, -0.2) is 0 Å². The predicted octanol–water partition coefficient (Wildman–Crippen LogP) is 4.12. The van der Waals surface area contributed by atoms with E-state index in [0.717, 1.165) is 16.9 Å². The largest absolute Gasteiger partial charge is 0.143 e. The number of hydrogen-bond donors (Lipinski definition) is 1. The summed E-state index contributed by atoms with van der Waals surface area (Å²) in [6, 6.07) is 0. The number of unbranched alkanes of at least 4 members (excludes halogenated alkanes) is 2. The zero-order chi connectivity index (χ0) is 9.40. The van der Waals surface area contributed by atoms with E-state index in [0.29, 0.717) is 0 Å². The van der Waals surface area contributed by atoms with Gasteiger partial charge in [0.2, 0.25) is 0 Å². The Balaban J connectivity index is 3.74. The lowest BCUT2D eigenvalue weighted by Crippen LogP contribution is -1.69. The van der Waals surface area contributed by atoms with Gasteiger partial charge in [0.15, 0.2) is 0 Å². The van der Waals surface area contributed by atoms with Crippen LogP contribution in [0.5, 0.6) is 0 Å². The molecule has 0 unspecified atom stereocenters. The molecule has 0 rings (SSSR count). The maximum atomic E-state index is 4.29. The third-order valence-corrected chi connectivity index (χ3v) is 1.69. The summed E-state index contributed by atoms with van der Waals surface area (Å²) in [6.45, 7) is 7.94. The summed E-state index contributed by atoms with van der Waals surface area (Å²) in [6.07, 6.45) is 9.80. The van der Waals surface area contributed by atoms with Crippen LogP contribution in [0.15, 0.2) is 35.3 Å². The zero-order valence-corrected chi connectivity index (χ0v) is 8.90. The molecule has 0 heterocycles. The van der Waals surface area contributed by atoms with Crippen molar-refractivity contribution in [2.75, 3.05) is 0 Å². The SMILES string of the molecule is C=C(C)/C=C(S)\C=C/CCCC. The zero-order valence-electron chi connectivity index (χ0n) is 8.01. The molecule has 0 aromatic heterocycles. The average Bonchev–Trinajstić information content (AvgIpc) is 1.97. The van der Waals surface area contributed by atoms with Gasteiger partial charge in [-0.3, -0.25) is 0 Å². The molecule has 0 spiro atoms. The summed E-state index contributed by atoms with van der Waals surface area (Å²) < 4.78 is 0. The Morgan fingerprint density at radius 2 is 2.17 bits per heavy atom. The van der Waals surface area contributed by atoms with E-state index in [1.807, 2.05) is 19.1 Å². The van der Waals surface area contributed by atoms with Crippen LogP contribution in [0.4, 0.5) is 0 Å². The summed E-state index contributed by atoms with van der Waals surface area (Å²) in [4.78, 5) is 0.985. The summed E-state index contributed by atoms with van der Waals surface area (Å²) in [5.41, 5.74) is 1.04. The molecule has 0 bridgehead atoms. The third-order valence-electron chi connectivity index (χ3n) is 1.41. The predicted molar refractivity (Wildman–Crippen MR) is 60.5 cm³/mol. The Bertz CT molecular complexity index is 187. The van der Waals surface area contributed by atoms with Gasteiger partial charge in [-0.15, -0.1) is 12.6 Å². The molecule has 12 heavy (non-hydrogen) atoms. The highest BCUT2D eigenvalue weighted by atomic mass is 32.1. The molecule has 0 N–H and O–H groups in total. The average molecular weight is 182 g/mol. The van der Waals surface area contributed by atoms with Gasteiger partial charge in [0.1, 0.15) is 0 Å². The second-order valence-corrected chi connectivity index (χ2v) is 3.48. The van der Waals surface area contributed by atoms with Crippen LogP contribution < -0.4 is 0 Å². The first kappa shape index (κ1) is 11.6. The van der Waals surface area contributed by atoms with Crippen LogP contribution in [-0.2, 0) is 0 Å². The molecule has 0 fully saturated rings. The van der Waals surface area contributed by atoms with Gasteiger partial charge in [-0.1, -0.05) is 44.1 Å². The van der Waals surface area contributed by atoms with Crippen molar-refractivity contribution in [2.24, 2.45) is 0 Å². The third kappa shape index (κ3) is 7.67. The van der Waals surface area contributed by atoms with Crippen LogP contribution >= 0.6 is 12.6 Å². The molecule has 0 amide bonds. The van der Waals surface area contributed by atoms with E-state index in [2.05, 4.69) is 32.2 Å². The second kappa shape index (κ2) is 7.23. The highest BCUT2D eigenvalue weighted by Crippen LogP contribution is 2.07. The van der Waals surface area contributed by atoms with Crippen molar-refractivity contribution < 1.29 is 0 Å². The van der Waals surface area contributed by atoms with E-state index in [9.17, 15) is 0 Å². The summed E-state index contributed by atoms with van der Waals surface area (Å²) in [5.74, 6) is 0. The van der Waals surface area contributed by atoms with Gasteiger partial charge in [0, 0.05) is 4.91 Å². The van der Waals surface area contributed by atoms with Crippen LogP contribution in [0.3, 0.4) is 0 Å². The van der Waals surface area contributed by atoms with Crippen LogP contribution in [0.2, 0.25) is 0 Å². The first-order valence-corrected chi connectivity index (χ1v) is 4.84. The molecule has 0 aliphatic rings. The normalized spacial score (nSPS) is 12.4. The molecule has 0 aromatic rings. The number of thiol groups is 1.